The van der Waals surface area contributed by atoms with Gasteiger partial charge >= 0.3 is 0 Å². The molecule has 1 aromatic heterocycles. The van der Waals surface area contributed by atoms with E-state index in [1.54, 1.807) is 0 Å². The summed E-state index contributed by atoms with van der Waals surface area (Å²) in [5, 5.41) is 0.531. The van der Waals surface area contributed by atoms with E-state index in [-0.39, 0.29) is 0 Å². The van der Waals surface area contributed by atoms with Crippen LogP contribution in [-0.4, -0.2) is 36.1 Å². The molecule has 1 fully saturated rings. The Morgan fingerprint density at radius 3 is 2.47 bits per heavy atom. The van der Waals surface area contributed by atoms with Crippen LogP contribution in [0.1, 0.15) is 26.7 Å². The summed E-state index contributed by atoms with van der Waals surface area (Å²) in [4.78, 5) is 13.3. The number of nitrogens with zero attached hydrogens (tertiary/aromatic N) is 4. The molecule has 0 unspecified atom stereocenters. The summed E-state index contributed by atoms with van der Waals surface area (Å²) in [6, 6.07) is 1.86. The van der Waals surface area contributed by atoms with E-state index in [4.69, 9.17) is 11.6 Å². The second-order valence-corrected chi connectivity index (χ2v) is 4.60. The molecule has 0 spiro atoms. The molecule has 94 valence electrons. The monoisotopic (exact) mass is 254 g/mol. The largest absolute Gasteiger partial charge is 0.356 e. The Labute approximate surface area is 108 Å². The minimum absolute atomic E-state index is 0.531. The molecule has 2 rings (SSSR count). The van der Waals surface area contributed by atoms with Crippen molar-refractivity contribution in [2.75, 3.05) is 36.0 Å². The normalized spacial score (nSPS) is 15.4. The van der Waals surface area contributed by atoms with Crippen molar-refractivity contribution in [3.63, 3.8) is 0 Å². The summed E-state index contributed by atoms with van der Waals surface area (Å²) in [6.07, 6.45) is 2.48. The van der Waals surface area contributed by atoms with Crippen molar-refractivity contribution in [2.24, 2.45) is 0 Å². The molecule has 0 aliphatic carbocycles. The molecule has 2 heterocycles. The van der Waals surface area contributed by atoms with E-state index in [1.807, 2.05) is 6.07 Å². The number of rotatable bonds is 4. The zero-order valence-corrected chi connectivity index (χ0v) is 11.2. The van der Waals surface area contributed by atoms with E-state index in [2.05, 4.69) is 33.6 Å². The SMILES string of the molecule is CCN(CC)c1nc(Cl)cc(N2CCCC2)n1. The van der Waals surface area contributed by atoms with Crippen LogP contribution in [0.4, 0.5) is 11.8 Å². The van der Waals surface area contributed by atoms with Crippen LogP contribution in [0.2, 0.25) is 5.15 Å². The molecule has 1 saturated heterocycles. The number of hydrogen-bond donors (Lipinski definition) is 0. The fourth-order valence-corrected chi connectivity index (χ4v) is 2.32. The molecule has 0 bridgehead atoms. The van der Waals surface area contributed by atoms with E-state index >= 15 is 0 Å². The van der Waals surface area contributed by atoms with Gasteiger partial charge in [0.15, 0.2) is 0 Å². The summed E-state index contributed by atoms with van der Waals surface area (Å²) in [5.41, 5.74) is 0. The maximum atomic E-state index is 6.08. The Balaban J connectivity index is 2.27. The minimum atomic E-state index is 0.531. The molecule has 0 aromatic carbocycles. The fraction of sp³-hybridized carbons (Fsp3) is 0.667. The Bertz CT molecular complexity index is 353. The zero-order valence-electron chi connectivity index (χ0n) is 10.5. The highest BCUT2D eigenvalue weighted by Gasteiger charge is 2.16. The molecule has 1 aliphatic rings. The summed E-state index contributed by atoms with van der Waals surface area (Å²) in [6.45, 7) is 8.15. The first-order chi connectivity index (χ1) is 8.24. The molecule has 0 atom stereocenters. The van der Waals surface area contributed by atoms with Gasteiger partial charge in [-0.15, -0.1) is 0 Å². The van der Waals surface area contributed by atoms with Gasteiger partial charge in [0, 0.05) is 32.2 Å². The number of aromatic nitrogens is 2. The van der Waals surface area contributed by atoms with Crippen molar-refractivity contribution in [2.45, 2.75) is 26.7 Å². The Hall–Kier alpha value is -1.03. The molecule has 1 aromatic rings. The molecule has 1 aliphatic heterocycles. The van der Waals surface area contributed by atoms with Gasteiger partial charge in [0.1, 0.15) is 11.0 Å². The van der Waals surface area contributed by atoms with E-state index in [0.717, 1.165) is 37.9 Å². The molecule has 17 heavy (non-hydrogen) atoms. The highest BCUT2D eigenvalue weighted by atomic mass is 35.5. The maximum absolute atomic E-state index is 6.08. The molecule has 0 N–H and O–H groups in total. The van der Waals surface area contributed by atoms with Gasteiger partial charge in [0.2, 0.25) is 5.95 Å². The Morgan fingerprint density at radius 2 is 1.88 bits per heavy atom. The van der Waals surface area contributed by atoms with E-state index in [0.29, 0.717) is 5.15 Å². The highest BCUT2D eigenvalue weighted by molar-refractivity contribution is 6.29. The lowest BCUT2D eigenvalue weighted by Gasteiger charge is -2.22. The lowest BCUT2D eigenvalue weighted by Crippen LogP contribution is -2.26. The predicted molar refractivity (Wildman–Crippen MR) is 72.1 cm³/mol. The van der Waals surface area contributed by atoms with E-state index in [1.165, 1.54) is 12.8 Å². The first-order valence-electron chi connectivity index (χ1n) is 6.29. The van der Waals surface area contributed by atoms with Crippen molar-refractivity contribution in [1.29, 1.82) is 0 Å². The van der Waals surface area contributed by atoms with Gasteiger partial charge in [-0.05, 0) is 26.7 Å². The van der Waals surface area contributed by atoms with Gasteiger partial charge in [-0.2, -0.15) is 4.98 Å². The van der Waals surface area contributed by atoms with Gasteiger partial charge in [-0.25, -0.2) is 4.98 Å². The number of anilines is 2. The third kappa shape index (κ3) is 2.80. The van der Waals surface area contributed by atoms with Gasteiger partial charge in [-0.1, -0.05) is 11.6 Å². The number of hydrogen-bond acceptors (Lipinski definition) is 4. The first kappa shape index (κ1) is 12.4. The van der Waals surface area contributed by atoms with E-state index in [9.17, 15) is 0 Å². The maximum Gasteiger partial charge on any atom is 0.228 e. The van der Waals surface area contributed by atoms with Crippen molar-refractivity contribution in [3.05, 3.63) is 11.2 Å². The molecule has 0 saturated carbocycles. The van der Waals surface area contributed by atoms with Gasteiger partial charge in [-0.3, -0.25) is 0 Å². The summed E-state index contributed by atoms with van der Waals surface area (Å²) in [5.74, 6) is 1.70. The lowest BCUT2D eigenvalue weighted by atomic mass is 10.4. The van der Waals surface area contributed by atoms with Crippen molar-refractivity contribution in [1.82, 2.24) is 9.97 Å². The molecular weight excluding hydrogens is 236 g/mol. The van der Waals surface area contributed by atoms with Gasteiger partial charge in [0.05, 0.1) is 0 Å². The zero-order chi connectivity index (χ0) is 12.3. The molecule has 0 radical (unpaired) electrons. The van der Waals surface area contributed by atoms with Gasteiger partial charge < -0.3 is 9.80 Å². The van der Waals surface area contributed by atoms with E-state index < -0.39 is 0 Å². The minimum Gasteiger partial charge on any atom is -0.356 e. The van der Waals surface area contributed by atoms with Crippen LogP contribution in [0.5, 0.6) is 0 Å². The van der Waals surface area contributed by atoms with Crippen molar-refractivity contribution < 1.29 is 0 Å². The summed E-state index contributed by atoms with van der Waals surface area (Å²) in [7, 11) is 0. The first-order valence-corrected chi connectivity index (χ1v) is 6.67. The van der Waals surface area contributed by atoms with Crippen LogP contribution in [0.25, 0.3) is 0 Å². The molecule has 5 heteroatoms. The van der Waals surface area contributed by atoms with Crippen molar-refractivity contribution >= 4 is 23.4 Å². The quantitative estimate of drug-likeness (QED) is 0.773. The summed E-state index contributed by atoms with van der Waals surface area (Å²) >= 11 is 6.08. The van der Waals surface area contributed by atoms with Crippen LogP contribution in [0.15, 0.2) is 6.07 Å². The molecule has 0 amide bonds. The van der Waals surface area contributed by atoms with Crippen LogP contribution in [0.3, 0.4) is 0 Å². The fourth-order valence-electron chi connectivity index (χ4n) is 2.15. The topological polar surface area (TPSA) is 32.3 Å². The smallest absolute Gasteiger partial charge is 0.228 e. The third-order valence-electron chi connectivity index (χ3n) is 3.15. The third-order valence-corrected chi connectivity index (χ3v) is 3.34. The second kappa shape index (κ2) is 5.54. The van der Waals surface area contributed by atoms with Crippen LogP contribution < -0.4 is 9.80 Å². The molecule has 4 nitrogen and oxygen atoms in total. The standard InChI is InChI=1S/C12H19ClN4/c1-3-16(4-2)12-14-10(13)9-11(15-12)17-7-5-6-8-17/h9H,3-8H2,1-2H3. The predicted octanol–water partition coefficient (Wildman–Crippen LogP) is 2.58. The second-order valence-electron chi connectivity index (χ2n) is 4.22. The molecular formula is C12H19ClN4. The lowest BCUT2D eigenvalue weighted by molar-refractivity contribution is 0.813. The van der Waals surface area contributed by atoms with Crippen LogP contribution in [0, 0.1) is 0 Å². The Morgan fingerprint density at radius 1 is 1.24 bits per heavy atom. The van der Waals surface area contributed by atoms with Crippen molar-refractivity contribution in [3.8, 4) is 0 Å². The number of halogens is 1. The van der Waals surface area contributed by atoms with Crippen LogP contribution >= 0.6 is 11.6 Å². The Kier molecular flexibility index (Phi) is 4.05. The van der Waals surface area contributed by atoms with Crippen LogP contribution in [-0.2, 0) is 0 Å². The average molecular weight is 255 g/mol. The average Bonchev–Trinajstić information content (AvgIpc) is 2.83. The van der Waals surface area contributed by atoms with Gasteiger partial charge in [0.25, 0.3) is 0 Å². The highest BCUT2D eigenvalue weighted by Crippen LogP contribution is 2.23. The summed E-state index contributed by atoms with van der Waals surface area (Å²) < 4.78 is 0.